The molecule has 1 atom stereocenters. The Kier molecular flexibility index (Phi) is 3.58. The van der Waals surface area contributed by atoms with Crippen molar-refractivity contribution in [1.82, 2.24) is 19.9 Å². The summed E-state index contributed by atoms with van der Waals surface area (Å²) in [5.41, 5.74) is 6.42. The Bertz CT molecular complexity index is 901. The normalized spacial score (nSPS) is 18.8. The number of amides is 1. The Morgan fingerprint density at radius 3 is 2.70 bits per heavy atom. The molecule has 1 unspecified atom stereocenters. The fourth-order valence-corrected chi connectivity index (χ4v) is 2.97. The molecule has 1 amide bonds. The third-order valence-corrected chi connectivity index (χ3v) is 4.67. The zero-order valence-electron chi connectivity index (χ0n) is 11.7. The fraction of sp³-hybridized carbons (Fsp3) is 0.364. The van der Waals surface area contributed by atoms with Crippen LogP contribution in [0.4, 0.5) is 11.8 Å². The Balaban J connectivity index is 2.02. The first-order valence-electron chi connectivity index (χ1n) is 6.51. The minimum atomic E-state index is -3.84. The molecule has 1 aliphatic rings. The molecule has 11 nitrogen and oxygen atoms in total. The summed E-state index contributed by atoms with van der Waals surface area (Å²) in [5.74, 6) is -0.556. The summed E-state index contributed by atoms with van der Waals surface area (Å²) in [7, 11) is -3.84. The number of primary sulfonamides is 1. The van der Waals surface area contributed by atoms with Crippen molar-refractivity contribution in [3.8, 4) is 0 Å². The summed E-state index contributed by atoms with van der Waals surface area (Å²) in [5, 5.41) is 13.1. The van der Waals surface area contributed by atoms with Crippen LogP contribution in [0.5, 0.6) is 0 Å². The topological polar surface area (TPSA) is 178 Å². The van der Waals surface area contributed by atoms with E-state index in [0.29, 0.717) is 5.69 Å². The van der Waals surface area contributed by atoms with E-state index in [2.05, 4.69) is 19.9 Å². The molecule has 122 valence electrons. The quantitative estimate of drug-likeness (QED) is 0.564. The molecule has 12 heteroatoms. The van der Waals surface area contributed by atoms with Crippen LogP contribution in [0.1, 0.15) is 12.1 Å². The second-order valence-corrected chi connectivity index (χ2v) is 6.86. The van der Waals surface area contributed by atoms with Crippen LogP contribution in [-0.2, 0) is 21.4 Å². The smallest absolute Gasteiger partial charge is 0.236 e. The van der Waals surface area contributed by atoms with Gasteiger partial charge in [-0.1, -0.05) is 0 Å². The molecular weight excluding hydrogens is 326 g/mol. The molecule has 0 saturated carbocycles. The van der Waals surface area contributed by atoms with E-state index in [4.69, 9.17) is 16.0 Å². The molecular formula is C11H13N7O4S. The standard InChI is InChI=1S/C11H13N7O4S/c12-9-8-10(14-2-5(4-19)15-8)17-11(16-9)18-3-6(1-7(18)20)23(13,21)22/h2,6,19H,1,3-4H2,(H2,13,21,22)(H2,12,14,16,17). The van der Waals surface area contributed by atoms with Crippen molar-refractivity contribution in [2.75, 3.05) is 17.2 Å². The number of nitrogen functional groups attached to an aromatic ring is 1. The second-order valence-electron chi connectivity index (χ2n) is 5.02. The zero-order chi connectivity index (χ0) is 16.8. The summed E-state index contributed by atoms with van der Waals surface area (Å²) >= 11 is 0. The number of carbonyl (C=O) groups excluding carboxylic acids is 1. The van der Waals surface area contributed by atoms with Gasteiger partial charge in [0.2, 0.25) is 21.9 Å². The van der Waals surface area contributed by atoms with Crippen molar-refractivity contribution in [1.29, 1.82) is 0 Å². The van der Waals surface area contributed by atoms with E-state index in [1.807, 2.05) is 0 Å². The number of carbonyl (C=O) groups is 1. The highest BCUT2D eigenvalue weighted by atomic mass is 32.2. The number of aliphatic hydroxyl groups excluding tert-OH is 1. The van der Waals surface area contributed by atoms with E-state index in [-0.39, 0.29) is 42.5 Å². The molecule has 5 N–H and O–H groups in total. The minimum absolute atomic E-state index is 0.0281. The molecule has 3 heterocycles. The molecule has 1 aliphatic heterocycles. The number of aromatic nitrogens is 4. The van der Waals surface area contributed by atoms with Crippen molar-refractivity contribution in [3.05, 3.63) is 11.9 Å². The maximum Gasteiger partial charge on any atom is 0.236 e. The largest absolute Gasteiger partial charge is 0.390 e. The van der Waals surface area contributed by atoms with Crippen molar-refractivity contribution in [3.63, 3.8) is 0 Å². The van der Waals surface area contributed by atoms with Crippen LogP contribution in [0.3, 0.4) is 0 Å². The van der Waals surface area contributed by atoms with Gasteiger partial charge in [-0.3, -0.25) is 9.69 Å². The van der Waals surface area contributed by atoms with E-state index in [0.717, 1.165) is 4.90 Å². The van der Waals surface area contributed by atoms with Gasteiger partial charge in [-0.05, 0) is 0 Å². The van der Waals surface area contributed by atoms with Crippen molar-refractivity contribution in [2.24, 2.45) is 5.14 Å². The fourth-order valence-electron chi connectivity index (χ4n) is 2.24. The van der Waals surface area contributed by atoms with Gasteiger partial charge in [-0.25, -0.2) is 23.5 Å². The molecule has 0 aliphatic carbocycles. The lowest BCUT2D eigenvalue weighted by Crippen LogP contribution is -2.33. The van der Waals surface area contributed by atoms with Crippen LogP contribution in [0.25, 0.3) is 11.2 Å². The second kappa shape index (κ2) is 5.33. The Morgan fingerprint density at radius 1 is 1.35 bits per heavy atom. The van der Waals surface area contributed by atoms with E-state index < -0.39 is 21.2 Å². The van der Waals surface area contributed by atoms with Gasteiger partial charge in [-0.15, -0.1) is 0 Å². The molecule has 2 aromatic rings. The predicted molar refractivity (Wildman–Crippen MR) is 79.3 cm³/mol. The van der Waals surface area contributed by atoms with Crippen molar-refractivity contribution >= 4 is 38.9 Å². The molecule has 0 radical (unpaired) electrons. The summed E-state index contributed by atoms with van der Waals surface area (Å²) in [6.07, 6.45) is 1.08. The van der Waals surface area contributed by atoms with Gasteiger partial charge in [0.05, 0.1) is 18.5 Å². The number of sulfonamides is 1. The van der Waals surface area contributed by atoms with E-state index in [1.54, 1.807) is 0 Å². The van der Waals surface area contributed by atoms with Crippen LogP contribution < -0.4 is 15.8 Å². The number of anilines is 2. The van der Waals surface area contributed by atoms with Crippen LogP contribution in [0.2, 0.25) is 0 Å². The van der Waals surface area contributed by atoms with Gasteiger partial charge >= 0.3 is 0 Å². The zero-order valence-corrected chi connectivity index (χ0v) is 12.6. The van der Waals surface area contributed by atoms with E-state index in [9.17, 15) is 13.2 Å². The molecule has 0 aromatic carbocycles. The first kappa shape index (κ1) is 15.5. The van der Waals surface area contributed by atoms with E-state index in [1.165, 1.54) is 6.20 Å². The van der Waals surface area contributed by atoms with Gasteiger partial charge in [0.1, 0.15) is 5.25 Å². The summed E-state index contributed by atoms with van der Waals surface area (Å²) < 4.78 is 22.8. The SMILES string of the molecule is Nc1nc(N2CC(S(N)(=O)=O)CC2=O)nc2ncc(CO)nc12. The lowest BCUT2D eigenvalue weighted by molar-refractivity contribution is -0.117. The van der Waals surface area contributed by atoms with Gasteiger partial charge in [0.25, 0.3) is 0 Å². The van der Waals surface area contributed by atoms with Crippen LogP contribution in [0.15, 0.2) is 6.20 Å². The third-order valence-electron chi connectivity index (χ3n) is 3.43. The van der Waals surface area contributed by atoms with Crippen molar-refractivity contribution < 1.29 is 18.3 Å². The lowest BCUT2D eigenvalue weighted by Gasteiger charge is -2.15. The molecule has 3 rings (SSSR count). The number of rotatable bonds is 3. The minimum Gasteiger partial charge on any atom is -0.390 e. The molecule has 1 fully saturated rings. The van der Waals surface area contributed by atoms with Gasteiger partial charge in [0, 0.05) is 13.0 Å². The van der Waals surface area contributed by atoms with Crippen molar-refractivity contribution in [2.45, 2.75) is 18.3 Å². The average Bonchev–Trinajstić information content (AvgIpc) is 2.89. The first-order valence-corrected chi connectivity index (χ1v) is 8.12. The maximum atomic E-state index is 12.0. The Morgan fingerprint density at radius 2 is 2.09 bits per heavy atom. The molecule has 1 saturated heterocycles. The Labute approximate surface area is 130 Å². The molecule has 0 spiro atoms. The van der Waals surface area contributed by atoms with Crippen LogP contribution in [-0.4, -0.2) is 51.2 Å². The van der Waals surface area contributed by atoms with Gasteiger partial charge in [-0.2, -0.15) is 9.97 Å². The summed E-state index contributed by atoms with van der Waals surface area (Å²) in [6, 6.07) is 0. The first-order chi connectivity index (χ1) is 10.8. The molecule has 0 bridgehead atoms. The number of nitrogens with zero attached hydrogens (tertiary/aromatic N) is 5. The highest BCUT2D eigenvalue weighted by molar-refractivity contribution is 7.89. The van der Waals surface area contributed by atoms with Crippen LogP contribution >= 0.6 is 0 Å². The third kappa shape index (κ3) is 2.78. The molecule has 23 heavy (non-hydrogen) atoms. The monoisotopic (exact) mass is 339 g/mol. The molecule has 2 aromatic heterocycles. The number of nitrogens with two attached hydrogens (primary N) is 2. The number of hydrogen-bond acceptors (Lipinski definition) is 9. The summed E-state index contributed by atoms with van der Waals surface area (Å²) in [6.45, 7) is -0.463. The highest BCUT2D eigenvalue weighted by Gasteiger charge is 2.38. The lowest BCUT2D eigenvalue weighted by atomic mass is 10.4. The van der Waals surface area contributed by atoms with E-state index >= 15 is 0 Å². The number of aliphatic hydroxyl groups is 1. The van der Waals surface area contributed by atoms with Crippen LogP contribution in [0, 0.1) is 0 Å². The van der Waals surface area contributed by atoms with Gasteiger partial charge in [0.15, 0.2) is 17.0 Å². The average molecular weight is 339 g/mol. The Hall–Kier alpha value is -2.44. The predicted octanol–water partition coefficient (Wildman–Crippen LogP) is -2.11. The highest BCUT2D eigenvalue weighted by Crippen LogP contribution is 2.24. The maximum absolute atomic E-state index is 12.0. The number of hydrogen-bond donors (Lipinski definition) is 3. The number of fused-ring (bicyclic) bond motifs is 1. The van der Waals surface area contributed by atoms with Gasteiger partial charge < -0.3 is 10.8 Å². The summed E-state index contributed by atoms with van der Waals surface area (Å²) in [4.78, 5) is 29.2.